The van der Waals surface area contributed by atoms with Gasteiger partial charge in [0.15, 0.2) is 0 Å². The quantitative estimate of drug-likeness (QED) is 0.351. The molecule has 0 radical (unpaired) electrons. The second-order valence-electron chi connectivity index (χ2n) is 2.81. The maximum Gasteiger partial charge on any atom is 0.417 e. The van der Waals surface area contributed by atoms with Gasteiger partial charge in [-0.1, -0.05) is 0 Å². The number of carbonyl (C=O) groups is 4. The number of rotatable bonds is 0. The van der Waals surface area contributed by atoms with Crippen molar-refractivity contribution in [3.8, 4) is 0 Å². The highest BCUT2D eigenvalue weighted by Crippen LogP contribution is 2.25. The lowest BCUT2D eigenvalue weighted by Crippen LogP contribution is -2.54. The number of urea groups is 1. The first-order valence-electron chi connectivity index (χ1n) is 3.62. The van der Waals surface area contributed by atoms with Crippen LogP contribution in [0.15, 0.2) is 0 Å². The van der Waals surface area contributed by atoms with Crippen molar-refractivity contribution in [1.29, 1.82) is 0 Å². The number of carbonyl (C=O) groups excluding carboxylic acids is 4. The van der Waals surface area contributed by atoms with E-state index in [0.29, 0.717) is 0 Å². The standard InChI is InChI=1S/C6H5N3O5/c1-9-4(12)7-2(10)6(9)3(11)8-5(13)14-6/h1H3,(H,7,10,12)(H,8,11,13). The van der Waals surface area contributed by atoms with Gasteiger partial charge in [-0.15, -0.1) is 0 Å². The minimum absolute atomic E-state index is 0.732. The average Bonchev–Trinajstić information content (AvgIpc) is 2.49. The predicted molar refractivity (Wildman–Crippen MR) is 38.7 cm³/mol. The van der Waals surface area contributed by atoms with Crippen LogP contribution in [0, 0.1) is 0 Å². The minimum atomic E-state index is -2.16. The summed E-state index contributed by atoms with van der Waals surface area (Å²) in [5, 5.41) is 3.64. The molecular formula is C6H5N3O5. The molecule has 0 aromatic carbocycles. The molecule has 1 atom stereocenters. The van der Waals surface area contributed by atoms with Crippen molar-refractivity contribution in [3.63, 3.8) is 0 Å². The smallest absolute Gasteiger partial charge is 0.403 e. The molecule has 8 heteroatoms. The van der Waals surface area contributed by atoms with Crippen molar-refractivity contribution in [2.45, 2.75) is 5.72 Å². The molecular weight excluding hydrogens is 194 g/mol. The molecule has 2 N–H and O–H groups in total. The fourth-order valence-corrected chi connectivity index (χ4v) is 1.31. The molecule has 5 amide bonds. The van der Waals surface area contributed by atoms with Gasteiger partial charge < -0.3 is 4.74 Å². The molecule has 0 saturated carbocycles. The molecule has 2 saturated heterocycles. The van der Waals surface area contributed by atoms with E-state index in [4.69, 9.17) is 0 Å². The van der Waals surface area contributed by atoms with Crippen molar-refractivity contribution < 1.29 is 23.9 Å². The highest BCUT2D eigenvalue weighted by molar-refractivity contribution is 6.23. The molecule has 2 rings (SSSR count). The van der Waals surface area contributed by atoms with Crippen LogP contribution in [0.25, 0.3) is 0 Å². The molecule has 1 unspecified atom stereocenters. The van der Waals surface area contributed by atoms with Gasteiger partial charge in [0.1, 0.15) is 0 Å². The average molecular weight is 199 g/mol. The van der Waals surface area contributed by atoms with Crippen molar-refractivity contribution >= 4 is 23.9 Å². The van der Waals surface area contributed by atoms with E-state index in [0.717, 1.165) is 4.90 Å². The lowest BCUT2D eigenvalue weighted by Gasteiger charge is -2.21. The van der Waals surface area contributed by atoms with E-state index in [9.17, 15) is 19.2 Å². The summed E-state index contributed by atoms with van der Waals surface area (Å²) in [4.78, 5) is 45.0. The number of imide groups is 2. The number of ether oxygens (including phenoxy) is 1. The number of hydrogen-bond acceptors (Lipinski definition) is 5. The van der Waals surface area contributed by atoms with Crippen molar-refractivity contribution in [1.82, 2.24) is 15.5 Å². The van der Waals surface area contributed by atoms with Crippen molar-refractivity contribution in [3.05, 3.63) is 0 Å². The summed E-state index contributed by atoms with van der Waals surface area (Å²) >= 11 is 0. The number of amides is 5. The number of hydrogen-bond donors (Lipinski definition) is 2. The largest absolute Gasteiger partial charge is 0.417 e. The summed E-state index contributed by atoms with van der Waals surface area (Å²) in [5.74, 6) is -1.93. The lowest BCUT2D eigenvalue weighted by atomic mass is 10.2. The van der Waals surface area contributed by atoms with Crippen molar-refractivity contribution in [2.24, 2.45) is 0 Å². The molecule has 2 fully saturated rings. The first-order chi connectivity index (χ1) is 6.48. The molecule has 2 aliphatic rings. The van der Waals surface area contributed by atoms with E-state index in [2.05, 4.69) is 4.74 Å². The van der Waals surface area contributed by atoms with Crippen LogP contribution < -0.4 is 10.6 Å². The Morgan fingerprint density at radius 1 is 1.14 bits per heavy atom. The number of nitrogens with zero attached hydrogens (tertiary/aromatic N) is 1. The van der Waals surface area contributed by atoms with E-state index < -0.39 is 29.7 Å². The Morgan fingerprint density at radius 3 is 2.07 bits per heavy atom. The Labute approximate surface area is 77.2 Å². The first kappa shape index (κ1) is 8.48. The molecule has 1 spiro atoms. The van der Waals surface area contributed by atoms with E-state index in [1.165, 1.54) is 7.05 Å². The SMILES string of the molecule is CN1C(=O)NC(=O)C12OC(=O)NC2=O. The van der Waals surface area contributed by atoms with Crippen molar-refractivity contribution in [2.75, 3.05) is 7.05 Å². The number of likely N-dealkylation sites (N-methyl/N-ethyl adjacent to an activating group) is 1. The second kappa shape index (κ2) is 2.22. The topological polar surface area (TPSA) is 105 Å². The fraction of sp³-hybridized carbons (Fsp3) is 0.333. The van der Waals surface area contributed by atoms with Crippen LogP contribution >= 0.6 is 0 Å². The molecule has 2 heterocycles. The molecule has 0 aromatic rings. The van der Waals surface area contributed by atoms with E-state index in [-0.39, 0.29) is 0 Å². The summed E-state index contributed by atoms with van der Waals surface area (Å²) in [5.41, 5.74) is -2.16. The Kier molecular flexibility index (Phi) is 1.34. The number of alkyl carbamates (subject to hydrolysis) is 1. The van der Waals surface area contributed by atoms with E-state index >= 15 is 0 Å². The minimum Gasteiger partial charge on any atom is -0.403 e. The summed E-state index contributed by atoms with van der Waals surface area (Å²) < 4.78 is 4.51. The van der Waals surface area contributed by atoms with Gasteiger partial charge in [0.2, 0.25) is 0 Å². The molecule has 14 heavy (non-hydrogen) atoms. The number of nitrogens with one attached hydrogen (secondary N) is 2. The molecule has 0 aromatic heterocycles. The summed E-state index contributed by atoms with van der Waals surface area (Å²) in [7, 11) is 1.18. The third-order valence-electron chi connectivity index (χ3n) is 2.07. The van der Waals surface area contributed by atoms with Gasteiger partial charge in [-0.05, 0) is 0 Å². The van der Waals surface area contributed by atoms with Crippen LogP contribution in [0.1, 0.15) is 0 Å². The molecule has 74 valence electrons. The Balaban J connectivity index is 2.49. The summed E-state index contributed by atoms with van der Waals surface area (Å²) in [6, 6.07) is -0.792. The van der Waals surface area contributed by atoms with Gasteiger partial charge in [-0.25, -0.2) is 9.59 Å². The monoisotopic (exact) mass is 199 g/mol. The maximum absolute atomic E-state index is 11.3. The first-order valence-corrected chi connectivity index (χ1v) is 3.62. The molecule has 2 aliphatic heterocycles. The van der Waals surface area contributed by atoms with Crippen LogP contribution in [0.5, 0.6) is 0 Å². The Hall–Kier alpha value is -2.12. The predicted octanol–water partition coefficient (Wildman–Crippen LogP) is -1.87. The van der Waals surface area contributed by atoms with Gasteiger partial charge in [-0.3, -0.25) is 25.1 Å². The van der Waals surface area contributed by atoms with Crippen LogP contribution in [-0.4, -0.2) is 41.6 Å². The molecule has 8 nitrogen and oxygen atoms in total. The lowest BCUT2D eigenvalue weighted by molar-refractivity contribution is -0.153. The zero-order chi connectivity index (χ0) is 10.5. The normalized spacial score (nSPS) is 30.8. The Bertz CT molecular complexity index is 368. The van der Waals surface area contributed by atoms with Crippen LogP contribution in [-0.2, 0) is 14.3 Å². The zero-order valence-corrected chi connectivity index (χ0v) is 6.99. The highest BCUT2D eigenvalue weighted by Gasteiger charge is 2.64. The zero-order valence-electron chi connectivity index (χ0n) is 6.99. The van der Waals surface area contributed by atoms with Gasteiger partial charge in [0, 0.05) is 7.05 Å². The maximum atomic E-state index is 11.3. The van der Waals surface area contributed by atoms with Crippen LogP contribution in [0.3, 0.4) is 0 Å². The van der Waals surface area contributed by atoms with Crippen LogP contribution in [0.2, 0.25) is 0 Å². The van der Waals surface area contributed by atoms with Gasteiger partial charge >= 0.3 is 29.7 Å². The third kappa shape index (κ3) is 0.721. The van der Waals surface area contributed by atoms with Gasteiger partial charge in [0.25, 0.3) is 0 Å². The van der Waals surface area contributed by atoms with Gasteiger partial charge in [0.05, 0.1) is 0 Å². The summed E-state index contributed by atoms with van der Waals surface area (Å²) in [6.45, 7) is 0. The molecule has 0 bridgehead atoms. The van der Waals surface area contributed by atoms with E-state index in [1.807, 2.05) is 5.32 Å². The highest BCUT2D eigenvalue weighted by atomic mass is 16.6. The fourth-order valence-electron chi connectivity index (χ4n) is 1.31. The Morgan fingerprint density at radius 2 is 1.71 bits per heavy atom. The summed E-state index contributed by atoms with van der Waals surface area (Å²) in [6.07, 6.45) is -1.05. The van der Waals surface area contributed by atoms with Gasteiger partial charge in [-0.2, -0.15) is 0 Å². The van der Waals surface area contributed by atoms with E-state index in [1.54, 1.807) is 5.32 Å². The third-order valence-corrected chi connectivity index (χ3v) is 2.07. The second-order valence-corrected chi connectivity index (χ2v) is 2.81. The molecule has 0 aliphatic carbocycles. The van der Waals surface area contributed by atoms with Crippen LogP contribution in [0.4, 0.5) is 9.59 Å².